The van der Waals surface area contributed by atoms with Gasteiger partial charge in [-0.15, -0.1) is 0 Å². The van der Waals surface area contributed by atoms with Gasteiger partial charge in [-0.3, -0.25) is 4.79 Å². The molecule has 1 heterocycles. The molecule has 45 heavy (non-hydrogen) atoms. The van der Waals surface area contributed by atoms with Crippen LogP contribution in [0.5, 0.6) is 0 Å². The van der Waals surface area contributed by atoms with Gasteiger partial charge in [0, 0.05) is 29.0 Å². The molecule has 0 radical (unpaired) electrons. The number of para-hydroxylation sites is 2. The Kier molecular flexibility index (Phi) is 14.6. The van der Waals surface area contributed by atoms with Crippen molar-refractivity contribution in [2.24, 2.45) is 0 Å². The maximum atomic E-state index is 12.4. The van der Waals surface area contributed by atoms with Crippen molar-refractivity contribution in [3.05, 3.63) is 101 Å². The summed E-state index contributed by atoms with van der Waals surface area (Å²) in [4.78, 5) is 14.9. The number of unbranched alkanes of at least 4 members (excludes halogenated alkanes) is 15. The second-order valence-corrected chi connectivity index (χ2v) is 12.5. The smallest absolute Gasteiger partial charge is 0.261 e. The third-order valence-corrected chi connectivity index (χ3v) is 9.13. The Morgan fingerprint density at radius 1 is 0.578 bits per heavy atom. The highest BCUT2D eigenvalue weighted by Gasteiger charge is 2.26. The summed E-state index contributed by atoms with van der Waals surface area (Å²) in [5, 5.41) is 0. The van der Waals surface area contributed by atoms with E-state index in [2.05, 4.69) is 66.4 Å². The van der Waals surface area contributed by atoms with Crippen LogP contribution in [0.4, 0.5) is 11.4 Å². The van der Waals surface area contributed by atoms with Gasteiger partial charge in [0.15, 0.2) is 11.5 Å². The molecule has 2 aromatic rings. The minimum Gasteiger partial charge on any atom is -0.492 e. The van der Waals surface area contributed by atoms with Gasteiger partial charge >= 0.3 is 0 Å². The Labute approximate surface area is 272 Å². The number of ether oxygens (including phenoxy) is 2. The van der Waals surface area contributed by atoms with Crippen molar-refractivity contribution in [2.45, 2.75) is 110 Å². The SMILES string of the molecule is CCCCCCCCCCCCCCCCCCN1c2ccccc2C(=CC=C2C=C(OC)C(=O)C(OC)=C2)c2ccccc21. The number of Topliss-reactive ketones (excluding diaryl/α,β-unsaturated/α-hetero) is 1. The van der Waals surface area contributed by atoms with E-state index in [1.54, 1.807) is 12.2 Å². The van der Waals surface area contributed by atoms with Crippen LogP contribution in [0.15, 0.2) is 89.9 Å². The molecule has 1 aliphatic heterocycles. The number of anilines is 2. The van der Waals surface area contributed by atoms with E-state index in [4.69, 9.17) is 9.47 Å². The molecule has 1 aliphatic carbocycles. The fraction of sp³-hybridized carbons (Fsp3) is 0.488. The second-order valence-electron chi connectivity index (χ2n) is 12.5. The van der Waals surface area contributed by atoms with E-state index in [0.29, 0.717) is 0 Å². The largest absolute Gasteiger partial charge is 0.492 e. The third-order valence-electron chi connectivity index (χ3n) is 9.13. The number of carbonyl (C=O) groups excluding carboxylic acids is 1. The number of carbonyl (C=O) groups is 1. The molecule has 0 saturated carbocycles. The fourth-order valence-electron chi connectivity index (χ4n) is 6.56. The second kappa shape index (κ2) is 19.1. The highest BCUT2D eigenvalue weighted by Crippen LogP contribution is 2.45. The summed E-state index contributed by atoms with van der Waals surface area (Å²) in [7, 11) is 3.03. The van der Waals surface area contributed by atoms with E-state index >= 15 is 0 Å². The van der Waals surface area contributed by atoms with Crippen LogP contribution in [0.3, 0.4) is 0 Å². The highest BCUT2D eigenvalue weighted by atomic mass is 16.5. The lowest BCUT2D eigenvalue weighted by molar-refractivity contribution is -0.117. The quantitative estimate of drug-likeness (QED) is 0.140. The standard InChI is InChI=1S/C41H55NO3/c1-4-5-6-7-8-9-10-11-12-13-14-15-16-17-18-23-30-42-37-26-21-19-24-35(37)34(36-25-20-22-27-38(36)42)29-28-33-31-39(44-2)41(43)40(32-33)45-3/h19-22,24-29,31-32H,4-18,23,30H2,1-3H3. The Balaban J connectivity index is 1.28. The molecule has 0 amide bonds. The number of fused-ring (bicyclic) bond motifs is 2. The van der Waals surface area contributed by atoms with E-state index in [-0.39, 0.29) is 17.3 Å². The molecule has 2 aromatic carbocycles. The zero-order valence-electron chi connectivity index (χ0n) is 28.1. The summed E-state index contributed by atoms with van der Waals surface area (Å²) < 4.78 is 10.6. The van der Waals surface area contributed by atoms with E-state index in [9.17, 15) is 4.79 Å². The maximum Gasteiger partial charge on any atom is 0.261 e. The molecule has 0 fully saturated rings. The molecule has 4 nitrogen and oxygen atoms in total. The van der Waals surface area contributed by atoms with Gasteiger partial charge in [0.25, 0.3) is 5.78 Å². The summed E-state index contributed by atoms with van der Waals surface area (Å²) >= 11 is 0. The molecular formula is C41H55NO3. The molecule has 2 aliphatic rings. The van der Waals surface area contributed by atoms with Gasteiger partial charge in [-0.05, 0) is 41.9 Å². The van der Waals surface area contributed by atoms with Crippen LogP contribution in [-0.4, -0.2) is 26.5 Å². The van der Waals surface area contributed by atoms with Crippen LogP contribution in [-0.2, 0) is 14.3 Å². The summed E-state index contributed by atoms with van der Waals surface area (Å²) in [5.74, 6) is 0.338. The van der Waals surface area contributed by atoms with Crippen LogP contribution in [0.1, 0.15) is 121 Å². The van der Waals surface area contributed by atoms with Crippen LogP contribution >= 0.6 is 0 Å². The first-order valence-corrected chi connectivity index (χ1v) is 17.6. The number of hydrogen-bond donors (Lipinski definition) is 0. The predicted octanol–water partition coefficient (Wildman–Crippen LogP) is 11.4. The number of methoxy groups -OCH3 is 2. The van der Waals surface area contributed by atoms with Gasteiger partial charge in [0.2, 0.25) is 0 Å². The van der Waals surface area contributed by atoms with Gasteiger partial charge in [-0.25, -0.2) is 0 Å². The first kappa shape index (κ1) is 34.3. The van der Waals surface area contributed by atoms with E-state index in [1.165, 1.54) is 145 Å². The topological polar surface area (TPSA) is 38.8 Å². The molecule has 0 N–H and O–H groups in total. The molecule has 242 valence electrons. The summed E-state index contributed by atoms with van der Waals surface area (Å²) in [6, 6.07) is 17.4. The first-order chi connectivity index (χ1) is 22.2. The lowest BCUT2D eigenvalue weighted by Gasteiger charge is -2.35. The summed E-state index contributed by atoms with van der Waals surface area (Å²) in [6.07, 6.45) is 29.9. The number of benzene rings is 2. The average molecular weight is 610 g/mol. The van der Waals surface area contributed by atoms with Crippen molar-refractivity contribution < 1.29 is 14.3 Å². The Morgan fingerprint density at radius 2 is 1.00 bits per heavy atom. The van der Waals surface area contributed by atoms with E-state index in [0.717, 1.165) is 12.1 Å². The van der Waals surface area contributed by atoms with Gasteiger partial charge in [0.1, 0.15) is 0 Å². The predicted molar refractivity (Wildman–Crippen MR) is 190 cm³/mol. The number of allylic oxidation sites excluding steroid dienone is 5. The lowest BCUT2D eigenvalue weighted by Crippen LogP contribution is -2.24. The van der Waals surface area contributed by atoms with Crippen molar-refractivity contribution in [2.75, 3.05) is 25.7 Å². The zero-order valence-corrected chi connectivity index (χ0v) is 28.1. The molecule has 0 bridgehead atoms. The van der Waals surface area contributed by atoms with Gasteiger partial charge in [-0.2, -0.15) is 0 Å². The number of ketones is 1. The molecule has 4 heteroatoms. The van der Waals surface area contributed by atoms with Crippen molar-refractivity contribution in [3.8, 4) is 0 Å². The number of rotatable bonds is 20. The third kappa shape index (κ3) is 9.98. The first-order valence-electron chi connectivity index (χ1n) is 17.6. The van der Waals surface area contributed by atoms with Crippen molar-refractivity contribution >= 4 is 22.7 Å². The minimum absolute atomic E-state index is 0.233. The average Bonchev–Trinajstić information content (AvgIpc) is 3.07. The summed E-state index contributed by atoms with van der Waals surface area (Å²) in [6.45, 7) is 3.31. The van der Waals surface area contributed by atoms with Crippen LogP contribution < -0.4 is 4.90 Å². The summed E-state index contributed by atoms with van der Waals surface area (Å²) in [5.41, 5.74) is 6.99. The van der Waals surface area contributed by atoms with E-state index in [1.807, 2.05) is 6.08 Å². The normalized spacial score (nSPS) is 14.0. The Morgan fingerprint density at radius 3 is 1.44 bits per heavy atom. The molecular weight excluding hydrogens is 554 g/mol. The van der Waals surface area contributed by atoms with Gasteiger partial charge in [-0.1, -0.05) is 152 Å². The lowest BCUT2D eigenvalue weighted by atomic mass is 9.89. The van der Waals surface area contributed by atoms with Crippen LogP contribution in [0.25, 0.3) is 5.57 Å². The minimum atomic E-state index is -0.233. The number of hydrogen-bond acceptors (Lipinski definition) is 4. The van der Waals surface area contributed by atoms with Crippen LogP contribution in [0.2, 0.25) is 0 Å². The van der Waals surface area contributed by atoms with Gasteiger partial charge < -0.3 is 14.4 Å². The Hall–Kier alpha value is -3.53. The Bertz CT molecular complexity index is 1270. The molecule has 0 unspecified atom stereocenters. The molecule has 0 aromatic heterocycles. The molecule has 0 saturated heterocycles. The maximum absolute atomic E-state index is 12.4. The van der Waals surface area contributed by atoms with Gasteiger partial charge in [0.05, 0.1) is 14.2 Å². The van der Waals surface area contributed by atoms with Crippen LogP contribution in [0, 0.1) is 0 Å². The van der Waals surface area contributed by atoms with Crippen molar-refractivity contribution in [1.29, 1.82) is 0 Å². The highest BCUT2D eigenvalue weighted by molar-refractivity contribution is 6.07. The van der Waals surface area contributed by atoms with E-state index < -0.39 is 0 Å². The molecule has 0 atom stereocenters. The fourth-order valence-corrected chi connectivity index (χ4v) is 6.56. The number of nitrogens with zero attached hydrogens (tertiary/aromatic N) is 1. The monoisotopic (exact) mass is 609 g/mol. The van der Waals surface area contributed by atoms with Crippen molar-refractivity contribution in [1.82, 2.24) is 0 Å². The molecule has 4 rings (SSSR count). The van der Waals surface area contributed by atoms with Crippen molar-refractivity contribution in [3.63, 3.8) is 0 Å². The molecule has 0 spiro atoms. The zero-order chi connectivity index (χ0) is 31.7.